The Morgan fingerprint density at radius 3 is 2.18 bits per heavy atom. The maximum atomic E-state index is 13.7. The van der Waals surface area contributed by atoms with E-state index in [1.807, 2.05) is 68.4 Å². The second kappa shape index (κ2) is 11.9. The Morgan fingerprint density at radius 2 is 1.55 bits per heavy atom. The van der Waals surface area contributed by atoms with Crippen LogP contribution in [0, 0.1) is 6.92 Å². The van der Waals surface area contributed by atoms with Gasteiger partial charge < -0.3 is 10.2 Å². The molecule has 1 atom stereocenters. The van der Waals surface area contributed by atoms with E-state index < -0.39 is 6.04 Å². The van der Waals surface area contributed by atoms with Crippen LogP contribution >= 0.6 is 23.2 Å². The van der Waals surface area contributed by atoms with Gasteiger partial charge in [-0.3, -0.25) is 9.59 Å². The molecule has 0 bridgehead atoms. The van der Waals surface area contributed by atoms with Gasteiger partial charge in [0, 0.05) is 35.1 Å². The molecule has 0 fully saturated rings. The van der Waals surface area contributed by atoms with E-state index in [2.05, 4.69) is 5.32 Å². The predicted molar refractivity (Wildman–Crippen MR) is 135 cm³/mol. The number of hydrogen-bond donors (Lipinski definition) is 1. The molecule has 4 nitrogen and oxygen atoms in total. The molecule has 1 N–H and O–H groups in total. The number of likely N-dealkylation sites (N-methyl/N-ethyl adjacent to an activating group) is 1. The predicted octanol–water partition coefficient (Wildman–Crippen LogP) is 5.62. The number of aryl methyl sites for hydroxylation is 1. The number of carbonyl (C=O) groups is 2. The standard InChI is InChI=1S/C27H28Cl2N2O2/c1-3-30-27(33)25(16-20-11-5-4-6-12-20)31(18-22-23(28)14-9-15-24(22)29)26(32)17-21-13-8-7-10-19(21)2/h4-15,25H,3,16-18H2,1-2H3,(H,30,33)/t25-/m1/s1. The Bertz CT molecular complexity index is 1080. The van der Waals surface area contributed by atoms with E-state index >= 15 is 0 Å². The second-order valence-corrected chi connectivity index (χ2v) is 8.74. The molecule has 3 rings (SSSR count). The molecule has 0 unspecified atom stereocenters. The van der Waals surface area contributed by atoms with Crippen LogP contribution in [0.15, 0.2) is 72.8 Å². The van der Waals surface area contributed by atoms with Gasteiger partial charge in [-0.15, -0.1) is 0 Å². The number of benzene rings is 3. The molecule has 0 heterocycles. The van der Waals surface area contributed by atoms with Crippen LogP contribution in [0.4, 0.5) is 0 Å². The minimum Gasteiger partial charge on any atom is -0.355 e. The van der Waals surface area contributed by atoms with Gasteiger partial charge in [-0.2, -0.15) is 0 Å². The summed E-state index contributed by atoms with van der Waals surface area (Å²) in [6, 6.07) is 22.0. The Morgan fingerprint density at radius 1 is 0.909 bits per heavy atom. The first-order chi connectivity index (χ1) is 15.9. The summed E-state index contributed by atoms with van der Waals surface area (Å²) in [7, 11) is 0. The molecule has 3 aromatic rings. The van der Waals surface area contributed by atoms with Crippen LogP contribution in [0.1, 0.15) is 29.2 Å². The van der Waals surface area contributed by atoms with Gasteiger partial charge in [0.15, 0.2) is 0 Å². The van der Waals surface area contributed by atoms with Crippen molar-refractivity contribution in [3.05, 3.63) is 105 Å². The zero-order valence-corrected chi connectivity index (χ0v) is 20.4. The lowest BCUT2D eigenvalue weighted by Crippen LogP contribution is -2.51. The van der Waals surface area contributed by atoms with E-state index in [4.69, 9.17) is 23.2 Å². The number of halogens is 2. The second-order valence-electron chi connectivity index (χ2n) is 7.93. The third-order valence-corrected chi connectivity index (χ3v) is 6.32. The molecule has 0 saturated heterocycles. The summed E-state index contributed by atoms with van der Waals surface area (Å²) < 4.78 is 0. The van der Waals surface area contributed by atoms with E-state index in [9.17, 15) is 9.59 Å². The molecule has 0 saturated carbocycles. The molecule has 2 amide bonds. The molecule has 0 aliphatic heterocycles. The van der Waals surface area contributed by atoms with Crippen molar-refractivity contribution in [2.45, 2.75) is 39.3 Å². The lowest BCUT2D eigenvalue weighted by atomic mass is 10.00. The first-order valence-corrected chi connectivity index (χ1v) is 11.7. The summed E-state index contributed by atoms with van der Waals surface area (Å²) >= 11 is 12.9. The van der Waals surface area contributed by atoms with Gasteiger partial charge in [-0.1, -0.05) is 83.9 Å². The average molecular weight is 483 g/mol. The summed E-state index contributed by atoms with van der Waals surface area (Å²) in [5, 5.41) is 3.82. The molecule has 33 heavy (non-hydrogen) atoms. The van der Waals surface area contributed by atoms with Crippen LogP contribution in [0.3, 0.4) is 0 Å². The molecule has 0 aliphatic rings. The highest BCUT2D eigenvalue weighted by molar-refractivity contribution is 6.36. The van der Waals surface area contributed by atoms with Crippen LogP contribution in [-0.2, 0) is 29.0 Å². The fourth-order valence-electron chi connectivity index (χ4n) is 3.77. The zero-order chi connectivity index (χ0) is 23.8. The zero-order valence-electron chi connectivity index (χ0n) is 18.9. The van der Waals surface area contributed by atoms with Crippen LogP contribution < -0.4 is 5.32 Å². The van der Waals surface area contributed by atoms with Crippen molar-refractivity contribution in [1.29, 1.82) is 0 Å². The Kier molecular flexibility index (Phi) is 8.93. The molecule has 0 spiro atoms. The molecule has 0 aromatic heterocycles. The van der Waals surface area contributed by atoms with E-state index in [0.29, 0.717) is 28.6 Å². The van der Waals surface area contributed by atoms with Gasteiger partial charge in [0.1, 0.15) is 6.04 Å². The van der Waals surface area contributed by atoms with E-state index in [-0.39, 0.29) is 24.8 Å². The van der Waals surface area contributed by atoms with Gasteiger partial charge in [0.05, 0.1) is 6.42 Å². The van der Waals surface area contributed by atoms with Crippen molar-refractivity contribution in [2.24, 2.45) is 0 Å². The number of rotatable bonds is 9. The summed E-state index contributed by atoms with van der Waals surface area (Å²) in [6.45, 7) is 4.44. The van der Waals surface area contributed by atoms with Crippen LogP contribution in [0.2, 0.25) is 10.0 Å². The van der Waals surface area contributed by atoms with Crippen molar-refractivity contribution in [3.8, 4) is 0 Å². The largest absolute Gasteiger partial charge is 0.355 e. The van der Waals surface area contributed by atoms with Crippen LogP contribution in [0.5, 0.6) is 0 Å². The van der Waals surface area contributed by atoms with E-state index in [1.165, 1.54) is 0 Å². The topological polar surface area (TPSA) is 49.4 Å². The first kappa shape index (κ1) is 24.8. The van der Waals surface area contributed by atoms with Crippen LogP contribution in [0.25, 0.3) is 0 Å². The van der Waals surface area contributed by atoms with Crippen molar-refractivity contribution >= 4 is 35.0 Å². The summed E-state index contributed by atoms with van der Waals surface area (Å²) in [6.07, 6.45) is 0.563. The first-order valence-electron chi connectivity index (χ1n) is 11.0. The number of amides is 2. The molecule has 6 heteroatoms. The molecular formula is C27H28Cl2N2O2. The normalized spacial score (nSPS) is 11.6. The van der Waals surface area contributed by atoms with Crippen molar-refractivity contribution in [3.63, 3.8) is 0 Å². The molecular weight excluding hydrogens is 455 g/mol. The minimum absolute atomic E-state index is 0.137. The van der Waals surface area contributed by atoms with Crippen molar-refractivity contribution in [1.82, 2.24) is 10.2 Å². The van der Waals surface area contributed by atoms with Gasteiger partial charge in [-0.25, -0.2) is 0 Å². The van der Waals surface area contributed by atoms with E-state index in [0.717, 1.165) is 16.7 Å². The Balaban J connectivity index is 2.02. The van der Waals surface area contributed by atoms with E-state index in [1.54, 1.807) is 23.1 Å². The fraction of sp³-hybridized carbons (Fsp3) is 0.259. The summed E-state index contributed by atoms with van der Waals surface area (Å²) in [5.74, 6) is -0.366. The number of nitrogens with zero attached hydrogens (tertiary/aromatic N) is 1. The van der Waals surface area contributed by atoms with Gasteiger partial charge in [-0.05, 0) is 42.7 Å². The van der Waals surface area contributed by atoms with Gasteiger partial charge >= 0.3 is 0 Å². The Hall–Kier alpha value is -2.82. The van der Waals surface area contributed by atoms with Gasteiger partial charge in [0.25, 0.3) is 0 Å². The third-order valence-electron chi connectivity index (χ3n) is 5.62. The fourth-order valence-corrected chi connectivity index (χ4v) is 4.29. The molecule has 3 aromatic carbocycles. The minimum atomic E-state index is -0.712. The monoisotopic (exact) mass is 482 g/mol. The third kappa shape index (κ3) is 6.59. The number of hydrogen-bond acceptors (Lipinski definition) is 2. The SMILES string of the molecule is CCNC(=O)[C@@H](Cc1ccccc1)N(Cc1c(Cl)cccc1Cl)C(=O)Cc1ccccc1C. The average Bonchev–Trinajstić information content (AvgIpc) is 2.80. The van der Waals surface area contributed by atoms with Crippen LogP contribution in [-0.4, -0.2) is 29.3 Å². The molecule has 172 valence electrons. The summed E-state index contributed by atoms with van der Waals surface area (Å²) in [5.41, 5.74) is 3.54. The highest BCUT2D eigenvalue weighted by Gasteiger charge is 2.31. The van der Waals surface area contributed by atoms with Gasteiger partial charge in [0.2, 0.25) is 11.8 Å². The highest BCUT2D eigenvalue weighted by Crippen LogP contribution is 2.27. The maximum absolute atomic E-state index is 13.7. The maximum Gasteiger partial charge on any atom is 0.243 e. The lowest BCUT2D eigenvalue weighted by Gasteiger charge is -2.32. The number of carbonyl (C=O) groups excluding carboxylic acids is 2. The lowest BCUT2D eigenvalue weighted by molar-refractivity contribution is -0.140. The number of nitrogens with one attached hydrogen (secondary N) is 1. The Labute approximate surface area is 205 Å². The van der Waals surface area contributed by atoms with Crippen molar-refractivity contribution < 1.29 is 9.59 Å². The summed E-state index contributed by atoms with van der Waals surface area (Å²) in [4.78, 5) is 28.5. The molecule has 0 radical (unpaired) electrons. The van der Waals surface area contributed by atoms with Crippen molar-refractivity contribution in [2.75, 3.05) is 6.54 Å². The smallest absolute Gasteiger partial charge is 0.243 e. The quantitative estimate of drug-likeness (QED) is 0.430. The highest BCUT2D eigenvalue weighted by atomic mass is 35.5. The molecule has 0 aliphatic carbocycles.